The summed E-state index contributed by atoms with van der Waals surface area (Å²) in [7, 11) is 0. The standard InChI is InChI=1S/C21H22N6O/c28-21(27-11-9-26(10-12-27)20-6-2-4-8-24-20)17-13-19(15-22-14-17)25-16-18-5-1-3-7-23-18/h1-8,13-15,25H,9-12,16H2. The summed E-state index contributed by atoms with van der Waals surface area (Å²) in [6.45, 7) is 3.46. The van der Waals surface area contributed by atoms with Gasteiger partial charge in [0, 0.05) is 51.0 Å². The Kier molecular flexibility index (Phi) is 5.42. The monoisotopic (exact) mass is 374 g/mol. The molecule has 1 aliphatic rings. The first-order chi connectivity index (χ1) is 13.8. The van der Waals surface area contributed by atoms with Gasteiger partial charge in [0.15, 0.2) is 0 Å². The molecule has 0 spiro atoms. The van der Waals surface area contributed by atoms with Crippen LogP contribution in [0.4, 0.5) is 11.5 Å². The highest BCUT2D eigenvalue weighted by atomic mass is 16.2. The number of pyridine rings is 3. The zero-order valence-corrected chi connectivity index (χ0v) is 15.5. The van der Waals surface area contributed by atoms with E-state index in [9.17, 15) is 4.79 Å². The summed E-state index contributed by atoms with van der Waals surface area (Å²) in [6.07, 6.45) is 6.90. The molecule has 0 aromatic carbocycles. The van der Waals surface area contributed by atoms with E-state index >= 15 is 0 Å². The molecular formula is C21H22N6O. The van der Waals surface area contributed by atoms with Crippen molar-refractivity contribution in [1.82, 2.24) is 19.9 Å². The molecule has 4 rings (SSSR count). The van der Waals surface area contributed by atoms with Crippen LogP contribution >= 0.6 is 0 Å². The molecule has 0 bridgehead atoms. The van der Waals surface area contributed by atoms with Crippen molar-refractivity contribution < 1.29 is 4.79 Å². The van der Waals surface area contributed by atoms with Gasteiger partial charge in [-0.25, -0.2) is 4.98 Å². The molecule has 1 amide bonds. The second-order valence-corrected chi connectivity index (χ2v) is 6.60. The van der Waals surface area contributed by atoms with Gasteiger partial charge in [-0.3, -0.25) is 14.8 Å². The van der Waals surface area contributed by atoms with E-state index in [0.717, 1.165) is 30.3 Å². The maximum atomic E-state index is 12.9. The lowest BCUT2D eigenvalue weighted by Gasteiger charge is -2.35. The van der Waals surface area contributed by atoms with Crippen LogP contribution in [0.2, 0.25) is 0 Å². The minimum Gasteiger partial charge on any atom is -0.378 e. The fraction of sp³-hybridized carbons (Fsp3) is 0.238. The Morgan fingerprint density at radius 3 is 2.46 bits per heavy atom. The van der Waals surface area contributed by atoms with E-state index < -0.39 is 0 Å². The van der Waals surface area contributed by atoms with Crippen LogP contribution in [-0.2, 0) is 6.54 Å². The van der Waals surface area contributed by atoms with Crippen molar-refractivity contribution in [3.63, 3.8) is 0 Å². The van der Waals surface area contributed by atoms with Crippen molar-refractivity contribution in [3.05, 3.63) is 78.5 Å². The van der Waals surface area contributed by atoms with Crippen LogP contribution in [0.5, 0.6) is 0 Å². The molecule has 7 heteroatoms. The minimum absolute atomic E-state index is 0.00894. The number of amides is 1. The van der Waals surface area contributed by atoms with E-state index in [1.165, 1.54) is 0 Å². The highest BCUT2D eigenvalue weighted by molar-refractivity contribution is 5.94. The molecule has 0 atom stereocenters. The van der Waals surface area contributed by atoms with E-state index in [1.807, 2.05) is 47.4 Å². The number of anilines is 2. The molecule has 3 aromatic rings. The summed E-state index contributed by atoms with van der Waals surface area (Å²) in [6, 6.07) is 13.5. The third kappa shape index (κ3) is 4.25. The Labute approximate surface area is 164 Å². The topological polar surface area (TPSA) is 74.2 Å². The largest absolute Gasteiger partial charge is 0.378 e. The Bertz CT molecular complexity index is 910. The number of nitrogens with zero attached hydrogens (tertiary/aromatic N) is 5. The number of carbonyl (C=O) groups excluding carboxylic acids is 1. The van der Waals surface area contributed by atoms with Gasteiger partial charge >= 0.3 is 0 Å². The zero-order chi connectivity index (χ0) is 19.2. The van der Waals surface area contributed by atoms with Crippen LogP contribution in [-0.4, -0.2) is 51.9 Å². The number of aromatic nitrogens is 3. The second kappa shape index (κ2) is 8.47. The summed E-state index contributed by atoms with van der Waals surface area (Å²) in [5.41, 5.74) is 2.34. The fourth-order valence-electron chi connectivity index (χ4n) is 3.21. The SMILES string of the molecule is O=C(c1cncc(NCc2ccccn2)c1)N1CCN(c2ccccn2)CC1. The van der Waals surface area contributed by atoms with Gasteiger partial charge in [-0.2, -0.15) is 0 Å². The average Bonchev–Trinajstić information content (AvgIpc) is 2.79. The van der Waals surface area contributed by atoms with Gasteiger partial charge in [0.25, 0.3) is 5.91 Å². The molecule has 28 heavy (non-hydrogen) atoms. The van der Waals surface area contributed by atoms with Crippen LogP contribution < -0.4 is 10.2 Å². The molecule has 4 heterocycles. The zero-order valence-electron chi connectivity index (χ0n) is 15.5. The molecule has 0 aliphatic carbocycles. The number of nitrogens with one attached hydrogen (secondary N) is 1. The molecule has 0 radical (unpaired) electrons. The third-order valence-electron chi connectivity index (χ3n) is 4.73. The molecule has 1 aliphatic heterocycles. The lowest BCUT2D eigenvalue weighted by Crippen LogP contribution is -2.49. The van der Waals surface area contributed by atoms with Crippen LogP contribution in [0.3, 0.4) is 0 Å². The molecule has 1 N–H and O–H groups in total. The van der Waals surface area contributed by atoms with Gasteiger partial charge < -0.3 is 15.1 Å². The van der Waals surface area contributed by atoms with Crippen molar-refractivity contribution in [2.24, 2.45) is 0 Å². The normalized spacial score (nSPS) is 14.0. The van der Waals surface area contributed by atoms with Gasteiger partial charge in [0.2, 0.25) is 0 Å². The van der Waals surface area contributed by atoms with Crippen LogP contribution in [0, 0.1) is 0 Å². The Morgan fingerprint density at radius 2 is 1.75 bits per heavy atom. The molecule has 0 unspecified atom stereocenters. The smallest absolute Gasteiger partial charge is 0.255 e. The van der Waals surface area contributed by atoms with Crippen LogP contribution in [0.25, 0.3) is 0 Å². The lowest BCUT2D eigenvalue weighted by molar-refractivity contribution is 0.0746. The number of hydrogen-bond donors (Lipinski definition) is 1. The lowest BCUT2D eigenvalue weighted by atomic mass is 10.2. The summed E-state index contributed by atoms with van der Waals surface area (Å²) in [5, 5.41) is 3.28. The number of hydrogen-bond acceptors (Lipinski definition) is 6. The summed E-state index contributed by atoms with van der Waals surface area (Å²) in [5.74, 6) is 0.964. The van der Waals surface area contributed by atoms with Gasteiger partial charge in [-0.1, -0.05) is 12.1 Å². The second-order valence-electron chi connectivity index (χ2n) is 6.60. The molecule has 3 aromatic heterocycles. The third-order valence-corrected chi connectivity index (χ3v) is 4.73. The predicted molar refractivity (Wildman–Crippen MR) is 108 cm³/mol. The Morgan fingerprint density at radius 1 is 0.964 bits per heavy atom. The summed E-state index contributed by atoms with van der Waals surface area (Å²) >= 11 is 0. The highest BCUT2D eigenvalue weighted by Gasteiger charge is 2.23. The molecule has 7 nitrogen and oxygen atoms in total. The minimum atomic E-state index is 0.00894. The molecule has 1 fully saturated rings. The highest BCUT2D eigenvalue weighted by Crippen LogP contribution is 2.16. The van der Waals surface area contributed by atoms with Crippen molar-refractivity contribution in [1.29, 1.82) is 0 Å². The van der Waals surface area contributed by atoms with E-state index in [-0.39, 0.29) is 5.91 Å². The predicted octanol–water partition coefficient (Wildman–Crippen LogP) is 2.45. The van der Waals surface area contributed by atoms with E-state index in [2.05, 4.69) is 25.2 Å². The molecule has 0 saturated carbocycles. The van der Waals surface area contributed by atoms with Gasteiger partial charge in [0.05, 0.1) is 23.5 Å². The Hall–Kier alpha value is -3.48. The van der Waals surface area contributed by atoms with Gasteiger partial charge in [-0.15, -0.1) is 0 Å². The number of piperazine rings is 1. The fourth-order valence-corrected chi connectivity index (χ4v) is 3.21. The van der Waals surface area contributed by atoms with Gasteiger partial charge in [0.1, 0.15) is 5.82 Å². The van der Waals surface area contributed by atoms with Crippen LogP contribution in [0.15, 0.2) is 67.3 Å². The average molecular weight is 374 g/mol. The molecule has 142 valence electrons. The van der Waals surface area contributed by atoms with Crippen molar-refractivity contribution in [2.45, 2.75) is 6.54 Å². The van der Waals surface area contributed by atoms with Crippen molar-refractivity contribution in [3.8, 4) is 0 Å². The van der Waals surface area contributed by atoms with Crippen molar-refractivity contribution in [2.75, 3.05) is 36.4 Å². The summed E-state index contributed by atoms with van der Waals surface area (Å²) < 4.78 is 0. The first kappa shape index (κ1) is 17.9. The Balaban J connectivity index is 1.36. The number of rotatable bonds is 5. The number of carbonyl (C=O) groups is 1. The maximum Gasteiger partial charge on any atom is 0.255 e. The molecular weight excluding hydrogens is 352 g/mol. The quantitative estimate of drug-likeness (QED) is 0.739. The molecule has 1 saturated heterocycles. The first-order valence-electron chi connectivity index (χ1n) is 9.34. The van der Waals surface area contributed by atoms with Crippen LogP contribution in [0.1, 0.15) is 16.1 Å². The van der Waals surface area contributed by atoms with E-state index in [0.29, 0.717) is 25.2 Å². The van der Waals surface area contributed by atoms with E-state index in [1.54, 1.807) is 24.8 Å². The van der Waals surface area contributed by atoms with Gasteiger partial charge in [-0.05, 0) is 30.3 Å². The first-order valence-corrected chi connectivity index (χ1v) is 9.34. The summed E-state index contributed by atoms with van der Waals surface area (Å²) in [4.78, 5) is 29.9. The maximum absolute atomic E-state index is 12.9. The van der Waals surface area contributed by atoms with E-state index in [4.69, 9.17) is 0 Å². The van der Waals surface area contributed by atoms with Crippen molar-refractivity contribution >= 4 is 17.4 Å².